The molecule has 1 N–H and O–H groups in total. The number of thiazole rings is 1. The molecular weight excluding hydrogens is 254 g/mol. The van der Waals surface area contributed by atoms with Crippen LogP contribution in [0.2, 0.25) is 4.47 Å². The molecule has 2 bridgehead atoms. The van der Waals surface area contributed by atoms with Gasteiger partial charge in [-0.05, 0) is 32.7 Å². The fraction of sp³-hybridized carbons (Fsp3) is 0.750. The van der Waals surface area contributed by atoms with Crippen LogP contribution >= 0.6 is 22.9 Å². The fourth-order valence-corrected chi connectivity index (χ4v) is 4.16. The molecule has 3 rings (SSSR count). The van der Waals surface area contributed by atoms with Gasteiger partial charge in [0.1, 0.15) is 0 Å². The van der Waals surface area contributed by atoms with Crippen molar-refractivity contribution in [3.63, 3.8) is 0 Å². The van der Waals surface area contributed by atoms with Crippen molar-refractivity contribution in [3.8, 4) is 0 Å². The van der Waals surface area contributed by atoms with Crippen LogP contribution in [-0.2, 0) is 6.54 Å². The molecule has 0 amide bonds. The predicted octanol–water partition coefficient (Wildman–Crippen LogP) is 2.51. The Morgan fingerprint density at radius 3 is 2.76 bits per heavy atom. The molecule has 2 unspecified atom stereocenters. The van der Waals surface area contributed by atoms with E-state index < -0.39 is 0 Å². The first-order chi connectivity index (χ1) is 8.20. The van der Waals surface area contributed by atoms with E-state index in [1.54, 1.807) is 11.3 Å². The number of rotatable bonds is 3. The average molecular weight is 272 g/mol. The summed E-state index contributed by atoms with van der Waals surface area (Å²) >= 11 is 7.46. The quantitative estimate of drug-likeness (QED) is 0.916. The number of hydrogen-bond acceptors (Lipinski definition) is 4. The van der Waals surface area contributed by atoms with Gasteiger partial charge in [-0.1, -0.05) is 11.6 Å². The van der Waals surface area contributed by atoms with Crippen LogP contribution < -0.4 is 5.32 Å². The zero-order valence-electron chi connectivity index (χ0n) is 10.0. The number of halogens is 1. The second kappa shape index (κ2) is 4.84. The predicted molar refractivity (Wildman–Crippen MR) is 71.6 cm³/mol. The van der Waals surface area contributed by atoms with Gasteiger partial charge in [0.05, 0.1) is 0 Å². The lowest BCUT2D eigenvalue weighted by molar-refractivity contribution is 0.167. The molecule has 94 valence electrons. The third-order valence-electron chi connectivity index (χ3n) is 4.00. The Balaban J connectivity index is 1.60. The molecule has 2 atom stereocenters. The van der Waals surface area contributed by atoms with Crippen LogP contribution in [-0.4, -0.2) is 35.1 Å². The summed E-state index contributed by atoms with van der Waals surface area (Å²) in [6, 6.07) is 2.23. The van der Waals surface area contributed by atoms with Gasteiger partial charge in [0.25, 0.3) is 0 Å². The zero-order chi connectivity index (χ0) is 11.8. The minimum Gasteiger partial charge on any atom is -0.311 e. The third kappa shape index (κ3) is 2.65. The van der Waals surface area contributed by atoms with E-state index in [0.29, 0.717) is 4.47 Å². The van der Waals surface area contributed by atoms with E-state index in [2.05, 4.69) is 22.2 Å². The molecule has 0 aliphatic carbocycles. The van der Waals surface area contributed by atoms with Crippen molar-refractivity contribution in [2.24, 2.45) is 0 Å². The molecular formula is C12H18ClN3S. The highest BCUT2D eigenvalue weighted by Crippen LogP contribution is 2.30. The third-order valence-corrected chi connectivity index (χ3v) is 5.10. The van der Waals surface area contributed by atoms with Crippen LogP contribution in [0.25, 0.3) is 0 Å². The van der Waals surface area contributed by atoms with Crippen LogP contribution in [0, 0.1) is 0 Å². The number of piperidine rings is 1. The number of fused-ring (bicyclic) bond motifs is 2. The second-order valence-corrected chi connectivity index (χ2v) is 6.96. The van der Waals surface area contributed by atoms with Crippen molar-refractivity contribution in [1.82, 2.24) is 15.2 Å². The minimum atomic E-state index is 0.652. The number of nitrogens with one attached hydrogen (secondary N) is 1. The van der Waals surface area contributed by atoms with Crippen molar-refractivity contribution in [1.29, 1.82) is 0 Å². The van der Waals surface area contributed by atoms with Crippen LogP contribution in [0.15, 0.2) is 6.20 Å². The molecule has 5 heteroatoms. The van der Waals surface area contributed by atoms with Gasteiger partial charge in [0, 0.05) is 35.7 Å². The lowest BCUT2D eigenvalue weighted by atomic mass is 9.98. The Morgan fingerprint density at radius 2 is 2.18 bits per heavy atom. The highest BCUT2D eigenvalue weighted by atomic mass is 35.5. The van der Waals surface area contributed by atoms with Crippen LogP contribution in [0.4, 0.5) is 0 Å². The van der Waals surface area contributed by atoms with Gasteiger partial charge < -0.3 is 5.32 Å². The van der Waals surface area contributed by atoms with E-state index in [-0.39, 0.29) is 0 Å². The van der Waals surface area contributed by atoms with Crippen molar-refractivity contribution >= 4 is 22.9 Å². The summed E-state index contributed by atoms with van der Waals surface area (Å²) in [5, 5.41) is 3.69. The fourth-order valence-electron chi connectivity index (χ4n) is 3.12. The van der Waals surface area contributed by atoms with Crippen molar-refractivity contribution in [2.75, 3.05) is 7.05 Å². The van der Waals surface area contributed by atoms with E-state index in [1.165, 1.54) is 30.6 Å². The standard InChI is InChI=1S/C12H18ClN3S/c1-16(7-11-6-14-12(13)17-11)10-4-8-2-3-9(5-10)15-8/h6,8-10,15H,2-5,7H2,1H3. The summed E-state index contributed by atoms with van der Waals surface area (Å²) in [4.78, 5) is 7.84. The van der Waals surface area contributed by atoms with Crippen LogP contribution in [0.5, 0.6) is 0 Å². The SMILES string of the molecule is CN(Cc1cnc(Cl)s1)C1CC2CCC(C1)N2. The van der Waals surface area contributed by atoms with Gasteiger partial charge in [0.15, 0.2) is 4.47 Å². The molecule has 17 heavy (non-hydrogen) atoms. The topological polar surface area (TPSA) is 28.2 Å². The highest BCUT2D eigenvalue weighted by Gasteiger charge is 2.34. The van der Waals surface area contributed by atoms with Gasteiger partial charge in [0.2, 0.25) is 0 Å². The normalized spacial score (nSPS) is 32.3. The molecule has 0 spiro atoms. The summed E-state index contributed by atoms with van der Waals surface area (Å²) in [6.07, 6.45) is 7.21. The molecule has 3 heterocycles. The van der Waals surface area contributed by atoms with E-state index in [0.717, 1.165) is 24.7 Å². The Labute approximate surface area is 111 Å². The zero-order valence-corrected chi connectivity index (χ0v) is 11.6. The van der Waals surface area contributed by atoms with Gasteiger partial charge in [-0.15, -0.1) is 11.3 Å². The monoisotopic (exact) mass is 271 g/mol. The molecule has 1 aromatic heterocycles. The summed E-state index contributed by atoms with van der Waals surface area (Å²) < 4.78 is 0.652. The number of aromatic nitrogens is 1. The van der Waals surface area contributed by atoms with E-state index in [9.17, 15) is 0 Å². The molecule has 2 aliphatic heterocycles. The smallest absolute Gasteiger partial charge is 0.183 e. The first-order valence-electron chi connectivity index (χ1n) is 6.27. The van der Waals surface area contributed by atoms with Crippen molar-refractivity contribution in [3.05, 3.63) is 15.5 Å². The maximum Gasteiger partial charge on any atom is 0.183 e. The van der Waals surface area contributed by atoms with Crippen molar-refractivity contribution < 1.29 is 0 Å². The van der Waals surface area contributed by atoms with E-state index in [1.807, 2.05) is 6.20 Å². The summed E-state index contributed by atoms with van der Waals surface area (Å²) in [5.74, 6) is 0. The number of hydrogen-bond donors (Lipinski definition) is 1. The molecule has 1 aromatic rings. The Kier molecular flexibility index (Phi) is 3.39. The maximum atomic E-state index is 5.86. The first-order valence-corrected chi connectivity index (χ1v) is 7.46. The minimum absolute atomic E-state index is 0.652. The summed E-state index contributed by atoms with van der Waals surface area (Å²) in [6.45, 7) is 0.981. The lowest BCUT2D eigenvalue weighted by Crippen LogP contribution is -2.46. The highest BCUT2D eigenvalue weighted by molar-refractivity contribution is 7.15. The van der Waals surface area contributed by atoms with Crippen LogP contribution in [0.1, 0.15) is 30.6 Å². The van der Waals surface area contributed by atoms with Gasteiger partial charge in [-0.3, -0.25) is 4.90 Å². The maximum absolute atomic E-state index is 5.86. The Morgan fingerprint density at radius 1 is 1.47 bits per heavy atom. The van der Waals surface area contributed by atoms with Gasteiger partial charge in [-0.2, -0.15) is 0 Å². The van der Waals surface area contributed by atoms with E-state index in [4.69, 9.17) is 11.6 Å². The number of nitrogens with zero attached hydrogens (tertiary/aromatic N) is 2. The average Bonchev–Trinajstić information content (AvgIpc) is 2.85. The first kappa shape index (κ1) is 11.9. The molecule has 2 saturated heterocycles. The molecule has 3 nitrogen and oxygen atoms in total. The largest absolute Gasteiger partial charge is 0.311 e. The molecule has 0 aromatic carbocycles. The molecule has 0 radical (unpaired) electrons. The van der Waals surface area contributed by atoms with E-state index >= 15 is 0 Å². The van der Waals surface area contributed by atoms with Crippen molar-refractivity contribution in [2.45, 2.75) is 50.4 Å². The van der Waals surface area contributed by atoms with Gasteiger partial charge in [-0.25, -0.2) is 4.98 Å². The Hall–Kier alpha value is -0.160. The Bertz CT molecular complexity index is 383. The van der Waals surface area contributed by atoms with Crippen LogP contribution in [0.3, 0.4) is 0 Å². The summed E-state index contributed by atoms with van der Waals surface area (Å²) in [5.41, 5.74) is 0. The van der Waals surface area contributed by atoms with Gasteiger partial charge >= 0.3 is 0 Å². The lowest BCUT2D eigenvalue weighted by Gasteiger charge is -2.35. The second-order valence-electron chi connectivity index (χ2n) is 5.26. The summed E-state index contributed by atoms with van der Waals surface area (Å²) in [7, 11) is 2.23. The molecule has 2 aliphatic rings. The molecule has 2 fully saturated rings. The molecule has 0 saturated carbocycles.